The smallest absolute Gasteiger partial charge is 0.545 e. The third-order valence-corrected chi connectivity index (χ3v) is 2.02. The third kappa shape index (κ3) is 3.07. The number of hydrogen-bond donors (Lipinski definition) is 0. The van der Waals surface area contributed by atoms with Crippen LogP contribution in [0.5, 0.6) is 0 Å². The van der Waals surface area contributed by atoms with Crippen molar-refractivity contribution in [3.05, 3.63) is 47.9 Å². The van der Waals surface area contributed by atoms with Gasteiger partial charge in [-0.2, -0.15) is 0 Å². The molecule has 74 valence electrons. The van der Waals surface area contributed by atoms with Crippen molar-refractivity contribution in [2.24, 2.45) is 0 Å². The molecule has 0 aromatic carbocycles. The second kappa shape index (κ2) is 5.92. The first-order valence-electron chi connectivity index (χ1n) is 4.02. The standard InChI is InChI=1S/C10H9NO2.Na.H2O/c12-10(13)8-4-6-11-5-2-1-3-9(11)7-8;;/h1-5,7H,6H2,(H,12,13);;1H2/q;+1;/p-1. The van der Waals surface area contributed by atoms with Gasteiger partial charge in [0.2, 0.25) is 0 Å². The van der Waals surface area contributed by atoms with Crippen LogP contribution < -0.4 is 34.7 Å². The first kappa shape index (κ1) is 14.2. The van der Waals surface area contributed by atoms with E-state index in [1.54, 1.807) is 12.2 Å². The van der Waals surface area contributed by atoms with E-state index in [-0.39, 0.29) is 40.6 Å². The van der Waals surface area contributed by atoms with Gasteiger partial charge in [-0.25, -0.2) is 0 Å². The van der Waals surface area contributed by atoms with Gasteiger partial charge in [0, 0.05) is 18.4 Å². The van der Waals surface area contributed by atoms with Gasteiger partial charge >= 0.3 is 29.6 Å². The predicted molar refractivity (Wildman–Crippen MR) is 49.8 cm³/mol. The molecule has 0 aromatic heterocycles. The van der Waals surface area contributed by atoms with Crippen LogP contribution in [0.3, 0.4) is 0 Å². The molecule has 0 saturated heterocycles. The molecule has 15 heavy (non-hydrogen) atoms. The van der Waals surface area contributed by atoms with E-state index in [0.29, 0.717) is 6.54 Å². The number of aliphatic carboxylic acids is 1. The zero-order chi connectivity index (χ0) is 9.26. The number of hydrogen-bond acceptors (Lipinski definition) is 3. The Hall–Kier alpha value is -0.810. The van der Waals surface area contributed by atoms with Crippen molar-refractivity contribution in [2.45, 2.75) is 0 Å². The van der Waals surface area contributed by atoms with Gasteiger partial charge in [-0.1, -0.05) is 12.2 Å². The summed E-state index contributed by atoms with van der Waals surface area (Å²) in [6.07, 6.45) is 10.8. The molecule has 0 atom stereocenters. The second-order valence-electron chi connectivity index (χ2n) is 2.87. The van der Waals surface area contributed by atoms with Crippen LogP contribution in [0.25, 0.3) is 0 Å². The van der Waals surface area contributed by atoms with Crippen molar-refractivity contribution in [3.63, 3.8) is 0 Å². The van der Waals surface area contributed by atoms with E-state index in [9.17, 15) is 9.90 Å². The minimum absolute atomic E-state index is 0. The van der Waals surface area contributed by atoms with Gasteiger partial charge in [-0.3, -0.25) is 0 Å². The minimum atomic E-state index is -1.12. The van der Waals surface area contributed by atoms with Crippen molar-refractivity contribution >= 4 is 5.97 Å². The average molecular weight is 215 g/mol. The normalized spacial score (nSPS) is 16.7. The summed E-state index contributed by atoms with van der Waals surface area (Å²) in [5.74, 6) is -1.12. The molecule has 0 aromatic rings. The molecule has 2 aliphatic rings. The number of nitrogens with zero attached hydrogens (tertiary/aromatic N) is 1. The maximum absolute atomic E-state index is 10.5. The Balaban J connectivity index is 0.000000980. The SMILES string of the molecule is O.O=C([O-])C1=CCN2C=CC=CC2=C1.[Na+]. The monoisotopic (exact) mass is 215 g/mol. The van der Waals surface area contributed by atoms with E-state index < -0.39 is 5.97 Å². The molecule has 2 N–H and O–H groups in total. The largest absolute Gasteiger partial charge is 1.00 e. The van der Waals surface area contributed by atoms with Crippen molar-refractivity contribution in [1.29, 1.82) is 0 Å². The summed E-state index contributed by atoms with van der Waals surface area (Å²) < 4.78 is 0. The van der Waals surface area contributed by atoms with E-state index in [4.69, 9.17) is 0 Å². The Labute approximate surface area is 110 Å². The van der Waals surface area contributed by atoms with Crippen LogP contribution in [0, 0.1) is 0 Å². The number of carboxylic acid groups (broad SMARTS) is 1. The molecular formula is C10H10NNaO3. The number of carboxylic acids is 1. The molecule has 0 fully saturated rings. The van der Waals surface area contributed by atoms with Gasteiger partial charge < -0.3 is 20.3 Å². The molecule has 0 aliphatic carbocycles. The van der Waals surface area contributed by atoms with Gasteiger partial charge in [0.1, 0.15) is 0 Å². The first-order chi connectivity index (χ1) is 6.27. The Kier molecular flexibility index (Phi) is 5.60. The van der Waals surface area contributed by atoms with Crippen LogP contribution in [0.1, 0.15) is 0 Å². The summed E-state index contributed by atoms with van der Waals surface area (Å²) in [6.45, 7) is 0.593. The maximum Gasteiger partial charge on any atom is 1.00 e. The predicted octanol–water partition coefficient (Wildman–Crippen LogP) is -3.87. The number of carbonyl (C=O) groups is 1. The summed E-state index contributed by atoms with van der Waals surface area (Å²) in [7, 11) is 0. The molecule has 0 saturated carbocycles. The molecule has 5 heteroatoms. The summed E-state index contributed by atoms with van der Waals surface area (Å²) >= 11 is 0. The fourth-order valence-corrected chi connectivity index (χ4v) is 1.34. The number of allylic oxidation sites excluding steroid dienone is 3. The molecule has 2 aliphatic heterocycles. The van der Waals surface area contributed by atoms with E-state index in [2.05, 4.69) is 0 Å². The van der Waals surface area contributed by atoms with E-state index in [1.807, 2.05) is 29.3 Å². The van der Waals surface area contributed by atoms with Crippen LogP contribution in [0.2, 0.25) is 0 Å². The Morgan fingerprint density at radius 2 is 2.13 bits per heavy atom. The third-order valence-electron chi connectivity index (χ3n) is 2.02. The van der Waals surface area contributed by atoms with Crippen molar-refractivity contribution in [1.82, 2.24) is 4.90 Å². The van der Waals surface area contributed by atoms with Crippen LogP contribution in [0.15, 0.2) is 47.9 Å². The topological polar surface area (TPSA) is 74.9 Å². The summed E-state index contributed by atoms with van der Waals surface area (Å²) in [5, 5.41) is 10.5. The quantitative estimate of drug-likeness (QED) is 0.420. The molecule has 0 bridgehead atoms. The second-order valence-corrected chi connectivity index (χ2v) is 2.87. The number of fused-ring (bicyclic) bond motifs is 1. The van der Waals surface area contributed by atoms with Gasteiger partial charge in [-0.15, -0.1) is 0 Å². The minimum Gasteiger partial charge on any atom is -0.545 e. The summed E-state index contributed by atoms with van der Waals surface area (Å²) in [5.41, 5.74) is 1.15. The molecule has 0 radical (unpaired) electrons. The van der Waals surface area contributed by atoms with Gasteiger partial charge in [0.05, 0.1) is 5.97 Å². The van der Waals surface area contributed by atoms with E-state index in [0.717, 1.165) is 5.70 Å². The number of carbonyl (C=O) groups excluding carboxylic acids is 1. The zero-order valence-electron chi connectivity index (χ0n) is 8.43. The van der Waals surface area contributed by atoms with Crippen LogP contribution in [0.4, 0.5) is 0 Å². The first-order valence-corrected chi connectivity index (χ1v) is 4.02. The Morgan fingerprint density at radius 3 is 2.80 bits per heavy atom. The van der Waals surface area contributed by atoms with Crippen molar-refractivity contribution in [3.8, 4) is 0 Å². The number of rotatable bonds is 1. The van der Waals surface area contributed by atoms with Crippen LogP contribution in [-0.2, 0) is 4.79 Å². The molecule has 0 unspecified atom stereocenters. The summed E-state index contributed by atoms with van der Waals surface area (Å²) in [6, 6.07) is 0. The Bertz CT molecular complexity index is 369. The molecule has 4 nitrogen and oxygen atoms in total. The summed E-state index contributed by atoms with van der Waals surface area (Å²) in [4.78, 5) is 12.5. The van der Waals surface area contributed by atoms with Gasteiger partial charge in [-0.05, 0) is 23.8 Å². The van der Waals surface area contributed by atoms with Crippen molar-refractivity contribution in [2.75, 3.05) is 6.54 Å². The van der Waals surface area contributed by atoms with Crippen LogP contribution in [-0.4, -0.2) is 22.9 Å². The average Bonchev–Trinajstić information content (AvgIpc) is 2.17. The van der Waals surface area contributed by atoms with Crippen LogP contribution >= 0.6 is 0 Å². The fourth-order valence-electron chi connectivity index (χ4n) is 1.34. The molecule has 2 heterocycles. The zero-order valence-corrected chi connectivity index (χ0v) is 10.4. The van der Waals surface area contributed by atoms with E-state index >= 15 is 0 Å². The van der Waals surface area contributed by atoms with Crippen molar-refractivity contribution < 1.29 is 44.9 Å². The molecule has 0 amide bonds. The van der Waals surface area contributed by atoms with E-state index in [1.165, 1.54) is 0 Å². The molecule has 2 rings (SSSR count). The molecule has 0 spiro atoms. The Morgan fingerprint density at radius 1 is 1.40 bits per heavy atom. The van der Waals surface area contributed by atoms with Gasteiger partial charge in [0.25, 0.3) is 0 Å². The fraction of sp³-hybridized carbons (Fsp3) is 0.100. The van der Waals surface area contributed by atoms with Gasteiger partial charge in [0.15, 0.2) is 0 Å². The maximum atomic E-state index is 10.5. The molecular weight excluding hydrogens is 205 g/mol.